The van der Waals surface area contributed by atoms with E-state index in [0.29, 0.717) is 6.42 Å². The van der Waals surface area contributed by atoms with Crippen molar-refractivity contribution in [3.8, 4) is 0 Å². The van der Waals surface area contributed by atoms with Gasteiger partial charge in [-0.05, 0) is 30.7 Å². The molecule has 0 aromatic heterocycles. The van der Waals surface area contributed by atoms with E-state index < -0.39 is 30.0 Å². The number of alkyl halides is 3. The number of aliphatic hydroxyl groups is 1. The molecule has 0 spiro atoms. The van der Waals surface area contributed by atoms with Gasteiger partial charge >= 0.3 is 6.18 Å². The molecule has 0 bridgehead atoms. The number of rotatable bonds is 3. The molecule has 8 heteroatoms. The van der Waals surface area contributed by atoms with Crippen LogP contribution in [0.4, 0.5) is 17.6 Å². The van der Waals surface area contributed by atoms with Crippen molar-refractivity contribution >= 4 is 11.6 Å². The summed E-state index contributed by atoms with van der Waals surface area (Å²) >= 11 is 0. The molecule has 1 aliphatic rings. The Morgan fingerprint density at radius 3 is 2.45 bits per heavy atom. The fraction of sp³-hybridized carbons (Fsp3) is 0.429. The highest BCUT2D eigenvalue weighted by Gasteiger charge is 2.63. The molecular weight excluding hydrogens is 304 g/mol. The van der Waals surface area contributed by atoms with E-state index in [1.54, 1.807) is 6.92 Å². The van der Waals surface area contributed by atoms with E-state index in [1.807, 2.05) is 0 Å². The van der Waals surface area contributed by atoms with Crippen molar-refractivity contribution in [3.63, 3.8) is 0 Å². The van der Waals surface area contributed by atoms with Crippen LogP contribution in [0.3, 0.4) is 0 Å². The van der Waals surface area contributed by atoms with Crippen molar-refractivity contribution in [2.45, 2.75) is 38.1 Å². The minimum Gasteiger partial charge on any atom is -0.362 e. The van der Waals surface area contributed by atoms with Crippen LogP contribution < -0.4 is 0 Å². The van der Waals surface area contributed by atoms with Gasteiger partial charge in [0.1, 0.15) is 5.82 Å². The fourth-order valence-electron chi connectivity index (χ4n) is 2.19. The molecule has 1 amide bonds. The summed E-state index contributed by atoms with van der Waals surface area (Å²) < 4.78 is 52.4. The van der Waals surface area contributed by atoms with Gasteiger partial charge in [0.2, 0.25) is 0 Å². The second kappa shape index (κ2) is 5.68. The first-order chi connectivity index (χ1) is 10.2. The number of benzene rings is 1. The van der Waals surface area contributed by atoms with Crippen LogP contribution in [0.5, 0.6) is 0 Å². The van der Waals surface area contributed by atoms with Gasteiger partial charge < -0.3 is 5.11 Å². The topological polar surface area (TPSA) is 52.9 Å². The van der Waals surface area contributed by atoms with Crippen LogP contribution in [0.15, 0.2) is 29.4 Å². The number of amides is 1. The van der Waals surface area contributed by atoms with Crippen LogP contribution in [-0.4, -0.2) is 33.6 Å². The number of hydrogen-bond acceptors (Lipinski definition) is 3. The highest BCUT2D eigenvalue weighted by Crippen LogP contribution is 2.41. The normalized spacial score (nSPS) is 21.9. The third-order valence-electron chi connectivity index (χ3n) is 3.32. The first-order valence-electron chi connectivity index (χ1n) is 6.64. The SMILES string of the molecule is CCCC1=NN(C(=O)c2ccc(F)cc2)C(O)(C(F)(F)F)C1. The molecule has 1 atom stereocenters. The van der Waals surface area contributed by atoms with Crippen molar-refractivity contribution in [2.24, 2.45) is 5.10 Å². The Morgan fingerprint density at radius 2 is 1.95 bits per heavy atom. The van der Waals surface area contributed by atoms with E-state index >= 15 is 0 Å². The highest BCUT2D eigenvalue weighted by molar-refractivity contribution is 5.98. The third-order valence-corrected chi connectivity index (χ3v) is 3.32. The minimum absolute atomic E-state index is 0.0469. The Kier molecular flexibility index (Phi) is 4.23. The smallest absolute Gasteiger partial charge is 0.362 e. The van der Waals surface area contributed by atoms with E-state index in [-0.39, 0.29) is 22.7 Å². The summed E-state index contributed by atoms with van der Waals surface area (Å²) in [6.45, 7) is 1.75. The van der Waals surface area contributed by atoms with Gasteiger partial charge in [0, 0.05) is 17.7 Å². The Balaban J connectivity index is 2.39. The summed E-state index contributed by atoms with van der Waals surface area (Å²) in [5, 5.41) is 13.6. The van der Waals surface area contributed by atoms with Crippen molar-refractivity contribution < 1.29 is 27.5 Å². The fourth-order valence-corrected chi connectivity index (χ4v) is 2.19. The lowest BCUT2D eigenvalue weighted by atomic mass is 10.0. The van der Waals surface area contributed by atoms with Crippen LogP contribution in [0.2, 0.25) is 0 Å². The molecule has 0 aliphatic carbocycles. The molecule has 120 valence electrons. The molecule has 0 saturated carbocycles. The zero-order chi connectivity index (χ0) is 16.5. The second-order valence-electron chi connectivity index (χ2n) is 5.03. The van der Waals surface area contributed by atoms with Gasteiger partial charge in [-0.15, -0.1) is 0 Å². The summed E-state index contributed by atoms with van der Waals surface area (Å²) in [7, 11) is 0. The van der Waals surface area contributed by atoms with Crippen molar-refractivity contribution in [1.82, 2.24) is 5.01 Å². The van der Waals surface area contributed by atoms with Gasteiger partial charge in [-0.25, -0.2) is 4.39 Å². The molecule has 1 unspecified atom stereocenters. The summed E-state index contributed by atoms with van der Waals surface area (Å²) in [5.41, 5.74) is -3.47. The lowest BCUT2D eigenvalue weighted by Crippen LogP contribution is -2.56. The van der Waals surface area contributed by atoms with E-state index in [1.165, 1.54) is 0 Å². The van der Waals surface area contributed by atoms with Gasteiger partial charge in [-0.3, -0.25) is 4.79 Å². The van der Waals surface area contributed by atoms with E-state index in [9.17, 15) is 27.5 Å². The van der Waals surface area contributed by atoms with Gasteiger partial charge in [0.15, 0.2) is 0 Å². The minimum atomic E-state index is -5.05. The number of hydrazone groups is 1. The molecule has 0 saturated heterocycles. The standard InChI is InChI=1S/C14H14F4N2O2/c1-2-3-11-8-13(22,14(16,17)18)20(19-11)12(21)9-4-6-10(15)7-5-9/h4-7,22H,2-3,8H2,1H3. The van der Waals surface area contributed by atoms with Crippen molar-refractivity contribution in [1.29, 1.82) is 0 Å². The second-order valence-corrected chi connectivity index (χ2v) is 5.03. The van der Waals surface area contributed by atoms with E-state index in [2.05, 4.69) is 5.10 Å². The number of carbonyl (C=O) groups is 1. The number of hydrogen-bond donors (Lipinski definition) is 1. The monoisotopic (exact) mass is 318 g/mol. The number of halogens is 4. The molecule has 22 heavy (non-hydrogen) atoms. The van der Waals surface area contributed by atoms with Crippen LogP contribution in [0, 0.1) is 5.82 Å². The van der Waals surface area contributed by atoms with Crippen LogP contribution in [0.1, 0.15) is 36.5 Å². The molecular formula is C14H14F4N2O2. The lowest BCUT2D eigenvalue weighted by molar-refractivity contribution is -0.297. The Labute approximate surface area is 124 Å². The maximum atomic E-state index is 13.2. The first kappa shape index (κ1) is 16.4. The molecule has 0 fully saturated rings. The molecule has 1 heterocycles. The average molecular weight is 318 g/mol. The molecule has 0 radical (unpaired) electrons. The van der Waals surface area contributed by atoms with Crippen LogP contribution in [-0.2, 0) is 0 Å². The largest absolute Gasteiger partial charge is 0.438 e. The summed E-state index contributed by atoms with van der Waals surface area (Å²) in [5.74, 6) is -1.76. The molecule has 1 aliphatic heterocycles. The quantitative estimate of drug-likeness (QED) is 0.871. The zero-order valence-electron chi connectivity index (χ0n) is 11.7. The molecule has 4 nitrogen and oxygen atoms in total. The average Bonchev–Trinajstić information content (AvgIpc) is 2.77. The molecule has 1 N–H and O–H groups in total. The van der Waals surface area contributed by atoms with Crippen molar-refractivity contribution in [2.75, 3.05) is 0 Å². The van der Waals surface area contributed by atoms with Gasteiger partial charge in [0.05, 0.1) is 0 Å². The predicted octanol–water partition coefficient (Wildman–Crippen LogP) is 3.08. The van der Waals surface area contributed by atoms with Gasteiger partial charge in [-0.2, -0.15) is 23.3 Å². The Morgan fingerprint density at radius 1 is 1.36 bits per heavy atom. The first-order valence-corrected chi connectivity index (χ1v) is 6.64. The van der Waals surface area contributed by atoms with E-state index in [0.717, 1.165) is 24.3 Å². The number of nitrogens with zero attached hydrogens (tertiary/aromatic N) is 2. The summed E-state index contributed by atoms with van der Waals surface area (Å²) in [6, 6.07) is 3.99. The van der Waals surface area contributed by atoms with Crippen LogP contribution in [0.25, 0.3) is 0 Å². The van der Waals surface area contributed by atoms with Gasteiger partial charge in [0.25, 0.3) is 11.6 Å². The van der Waals surface area contributed by atoms with Crippen LogP contribution >= 0.6 is 0 Å². The predicted molar refractivity (Wildman–Crippen MR) is 70.5 cm³/mol. The maximum absolute atomic E-state index is 13.2. The highest BCUT2D eigenvalue weighted by atomic mass is 19.4. The summed E-state index contributed by atoms with van der Waals surface area (Å²) in [6.07, 6.45) is -5.06. The zero-order valence-corrected chi connectivity index (χ0v) is 11.7. The van der Waals surface area contributed by atoms with Crippen molar-refractivity contribution in [3.05, 3.63) is 35.6 Å². The lowest BCUT2D eigenvalue weighted by Gasteiger charge is -2.32. The molecule has 1 aromatic rings. The Bertz CT molecular complexity index is 598. The molecule has 2 rings (SSSR count). The maximum Gasteiger partial charge on any atom is 0.438 e. The van der Waals surface area contributed by atoms with E-state index in [4.69, 9.17) is 0 Å². The number of carbonyl (C=O) groups excluding carboxylic acids is 1. The summed E-state index contributed by atoms with van der Waals surface area (Å²) in [4.78, 5) is 12.2. The van der Waals surface area contributed by atoms with Gasteiger partial charge in [-0.1, -0.05) is 13.3 Å². The molecule has 1 aromatic carbocycles. The third kappa shape index (κ3) is 2.83. The Hall–Kier alpha value is -1.96.